The first-order valence-corrected chi connectivity index (χ1v) is 8.97. The van der Waals surface area contributed by atoms with Crippen molar-refractivity contribution in [3.8, 4) is 11.4 Å². The smallest absolute Gasteiger partial charge is 0.227 e. The van der Waals surface area contributed by atoms with Crippen LogP contribution < -0.4 is 5.32 Å². The molecule has 2 aromatic carbocycles. The maximum atomic E-state index is 12.5. The second-order valence-corrected chi connectivity index (χ2v) is 6.19. The third-order valence-corrected chi connectivity index (χ3v) is 4.38. The number of hydrogen-bond acceptors (Lipinski definition) is 3. The van der Waals surface area contributed by atoms with Crippen LogP contribution in [0.4, 0.5) is 0 Å². The van der Waals surface area contributed by atoms with Gasteiger partial charge in [0.1, 0.15) is 0 Å². The van der Waals surface area contributed by atoms with Crippen LogP contribution in [0.3, 0.4) is 0 Å². The lowest BCUT2D eigenvalue weighted by molar-refractivity contribution is -0.122. The van der Waals surface area contributed by atoms with Crippen LogP contribution in [0.2, 0.25) is 0 Å². The third kappa shape index (κ3) is 4.54. The zero-order chi connectivity index (χ0) is 18.2. The van der Waals surface area contributed by atoms with Crippen molar-refractivity contribution in [1.29, 1.82) is 0 Å². The molecule has 0 spiro atoms. The van der Waals surface area contributed by atoms with E-state index in [1.54, 1.807) is 0 Å². The standard InChI is InChI=1S/C22H23N3O/c1-2-20(18-9-5-3-6-10-18)22(26)23-14-13-17-15-24-21(25-16-17)19-11-7-4-8-12-19/h3-12,15-16,20H,2,13-14H2,1H3,(H,23,26)/t20-/m1/s1. The Labute approximate surface area is 154 Å². The summed E-state index contributed by atoms with van der Waals surface area (Å²) >= 11 is 0. The van der Waals surface area contributed by atoms with Gasteiger partial charge in [-0.25, -0.2) is 9.97 Å². The fraction of sp³-hybridized carbons (Fsp3) is 0.227. The molecule has 0 saturated heterocycles. The number of nitrogens with zero attached hydrogens (tertiary/aromatic N) is 2. The van der Waals surface area contributed by atoms with Gasteiger partial charge in [-0.2, -0.15) is 0 Å². The SMILES string of the molecule is CC[C@@H](C(=O)NCCc1cnc(-c2ccccc2)nc1)c1ccccc1. The summed E-state index contributed by atoms with van der Waals surface area (Å²) in [5, 5.41) is 3.03. The van der Waals surface area contributed by atoms with E-state index in [4.69, 9.17) is 0 Å². The van der Waals surface area contributed by atoms with Gasteiger partial charge in [0, 0.05) is 24.5 Å². The predicted octanol–water partition coefficient (Wildman–Crippen LogP) is 4.00. The fourth-order valence-electron chi connectivity index (χ4n) is 2.93. The van der Waals surface area contributed by atoms with Crippen LogP contribution in [0.15, 0.2) is 73.1 Å². The molecular weight excluding hydrogens is 322 g/mol. The largest absolute Gasteiger partial charge is 0.355 e. The van der Waals surface area contributed by atoms with Crippen LogP contribution in [-0.2, 0) is 11.2 Å². The minimum Gasteiger partial charge on any atom is -0.355 e. The third-order valence-electron chi connectivity index (χ3n) is 4.38. The molecule has 0 bridgehead atoms. The van der Waals surface area contributed by atoms with Gasteiger partial charge in [0.25, 0.3) is 0 Å². The summed E-state index contributed by atoms with van der Waals surface area (Å²) in [4.78, 5) is 21.3. The van der Waals surface area contributed by atoms with Gasteiger partial charge in [-0.05, 0) is 24.0 Å². The van der Waals surface area contributed by atoms with Crippen molar-refractivity contribution in [2.24, 2.45) is 0 Å². The molecule has 0 aliphatic rings. The quantitative estimate of drug-likeness (QED) is 0.704. The fourth-order valence-corrected chi connectivity index (χ4v) is 2.93. The Morgan fingerprint density at radius 1 is 0.962 bits per heavy atom. The highest BCUT2D eigenvalue weighted by atomic mass is 16.1. The van der Waals surface area contributed by atoms with Crippen LogP contribution in [-0.4, -0.2) is 22.4 Å². The zero-order valence-electron chi connectivity index (χ0n) is 14.9. The molecule has 1 amide bonds. The van der Waals surface area contributed by atoms with Crippen molar-refractivity contribution in [3.05, 3.63) is 84.2 Å². The Morgan fingerprint density at radius 3 is 2.19 bits per heavy atom. The topological polar surface area (TPSA) is 54.9 Å². The maximum Gasteiger partial charge on any atom is 0.227 e. The van der Waals surface area contributed by atoms with Crippen LogP contribution in [0.5, 0.6) is 0 Å². The molecule has 0 aliphatic heterocycles. The highest BCUT2D eigenvalue weighted by Crippen LogP contribution is 2.19. The van der Waals surface area contributed by atoms with Crippen molar-refractivity contribution in [1.82, 2.24) is 15.3 Å². The molecule has 0 fully saturated rings. The van der Waals surface area contributed by atoms with Gasteiger partial charge in [0.05, 0.1) is 5.92 Å². The van der Waals surface area contributed by atoms with E-state index < -0.39 is 0 Å². The molecule has 0 aliphatic carbocycles. The van der Waals surface area contributed by atoms with Crippen molar-refractivity contribution < 1.29 is 4.79 Å². The van der Waals surface area contributed by atoms with Gasteiger partial charge in [-0.15, -0.1) is 0 Å². The Balaban J connectivity index is 1.53. The zero-order valence-corrected chi connectivity index (χ0v) is 14.9. The molecule has 1 heterocycles. The molecule has 1 atom stereocenters. The number of amides is 1. The summed E-state index contributed by atoms with van der Waals surface area (Å²) in [7, 11) is 0. The molecule has 0 unspecified atom stereocenters. The Hall–Kier alpha value is -3.01. The van der Waals surface area contributed by atoms with E-state index in [-0.39, 0.29) is 11.8 Å². The normalized spacial score (nSPS) is 11.7. The first kappa shape index (κ1) is 17.8. The average Bonchev–Trinajstić information content (AvgIpc) is 2.71. The van der Waals surface area contributed by atoms with Gasteiger partial charge in [-0.3, -0.25) is 4.79 Å². The molecule has 1 aromatic heterocycles. The number of benzene rings is 2. The number of carbonyl (C=O) groups is 1. The van der Waals surface area contributed by atoms with Crippen molar-refractivity contribution in [2.45, 2.75) is 25.7 Å². The summed E-state index contributed by atoms with van der Waals surface area (Å²) in [6, 6.07) is 19.8. The maximum absolute atomic E-state index is 12.5. The number of carbonyl (C=O) groups excluding carboxylic acids is 1. The first-order valence-electron chi connectivity index (χ1n) is 8.97. The van der Waals surface area contributed by atoms with Gasteiger partial charge in [0.2, 0.25) is 5.91 Å². The molecule has 0 radical (unpaired) electrons. The highest BCUT2D eigenvalue weighted by molar-refractivity contribution is 5.83. The van der Waals surface area contributed by atoms with E-state index in [0.29, 0.717) is 18.8 Å². The molecule has 3 aromatic rings. The van der Waals surface area contributed by atoms with E-state index in [1.807, 2.05) is 80.0 Å². The van der Waals surface area contributed by atoms with E-state index >= 15 is 0 Å². The first-order chi connectivity index (χ1) is 12.8. The minimum atomic E-state index is -0.104. The van der Waals surface area contributed by atoms with Crippen LogP contribution in [0.1, 0.15) is 30.4 Å². The van der Waals surface area contributed by atoms with Crippen LogP contribution in [0, 0.1) is 0 Å². The summed E-state index contributed by atoms with van der Waals surface area (Å²) in [5.74, 6) is 0.682. The summed E-state index contributed by atoms with van der Waals surface area (Å²) < 4.78 is 0. The average molecular weight is 345 g/mol. The van der Waals surface area contributed by atoms with Crippen molar-refractivity contribution in [2.75, 3.05) is 6.54 Å². The second kappa shape index (κ2) is 8.90. The number of aromatic nitrogens is 2. The summed E-state index contributed by atoms with van der Waals surface area (Å²) in [5.41, 5.74) is 3.07. The van der Waals surface area contributed by atoms with Crippen LogP contribution in [0.25, 0.3) is 11.4 Å². The summed E-state index contributed by atoms with van der Waals surface area (Å²) in [6.45, 7) is 2.61. The lowest BCUT2D eigenvalue weighted by atomic mass is 9.95. The summed E-state index contributed by atoms with van der Waals surface area (Å²) in [6.07, 6.45) is 5.16. The number of nitrogens with one attached hydrogen (secondary N) is 1. The van der Waals surface area contributed by atoms with Crippen LogP contribution >= 0.6 is 0 Å². The van der Waals surface area contributed by atoms with Crippen molar-refractivity contribution >= 4 is 5.91 Å². The van der Waals surface area contributed by atoms with Crippen molar-refractivity contribution in [3.63, 3.8) is 0 Å². The van der Waals surface area contributed by atoms with E-state index in [1.165, 1.54) is 0 Å². The predicted molar refractivity (Wildman–Crippen MR) is 104 cm³/mol. The molecule has 4 nitrogen and oxygen atoms in total. The second-order valence-electron chi connectivity index (χ2n) is 6.19. The van der Waals surface area contributed by atoms with E-state index in [2.05, 4.69) is 15.3 Å². The Bertz CT molecular complexity index is 817. The Morgan fingerprint density at radius 2 is 1.58 bits per heavy atom. The minimum absolute atomic E-state index is 0.0699. The number of rotatable bonds is 7. The molecular formula is C22H23N3O. The number of hydrogen-bond donors (Lipinski definition) is 1. The Kier molecular flexibility index (Phi) is 6.09. The molecule has 26 heavy (non-hydrogen) atoms. The lowest BCUT2D eigenvalue weighted by Gasteiger charge is -2.15. The van der Waals surface area contributed by atoms with Gasteiger partial charge in [-0.1, -0.05) is 67.6 Å². The van der Waals surface area contributed by atoms with Gasteiger partial charge >= 0.3 is 0 Å². The molecule has 0 saturated carbocycles. The van der Waals surface area contributed by atoms with E-state index in [9.17, 15) is 4.79 Å². The molecule has 3 rings (SSSR count). The monoisotopic (exact) mass is 345 g/mol. The van der Waals surface area contributed by atoms with E-state index in [0.717, 1.165) is 23.1 Å². The molecule has 4 heteroatoms. The molecule has 1 N–H and O–H groups in total. The van der Waals surface area contributed by atoms with Gasteiger partial charge in [0.15, 0.2) is 5.82 Å². The lowest BCUT2D eigenvalue weighted by Crippen LogP contribution is -2.30. The van der Waals surface area contributed by atoms with Gasteiger partial charge < -0.3 is 5.32 Å². The molecule has 132 valence electrons. The highest BCUT2D eigenvalue weighted by Gasteiger charge is 2.17.